The summed E-state index contributed by atoms with van der Waals surface area (Å²) >= 11 is 1.81. The Kier molecular flexibility index (Phi) is 6.73. The van der Waals surface area contributed by atoms with Crippen LogP contribution in [0.15, 0.2) is 176 Å². The van der Waals surface area contributed by atoms with Gasteiger partial charge in [0.25, 0.3) is 0 Å². The van der Waals surface area contributed by atoms with E-state index in [4.69, 9.17) is 19.9 Å². The van der Waals surface area contributed by atoms with Gasteiger partial charge in [0.2, 0.25) is 0 Å². The molecule has 0 N–H and O–H groups in total. The van der Waals surface area contributed by atoms with Gasteiger partial charge in [0, 0.05) is 37.5 Å². The van der Waals surface area contributed by atoms with Gasteiger partial charge in [-0.25, -0.2) is 19.9 Å². The van der Waals surface area contributed by atoms with Crippen molar-refractivity contribution < 1.29 is 0 Å². The summed E-state index contributed by atoms with van der Waals surface area (Å²) in [6.07, 6.45) is 0. The summed E-state index contributed by atoms with van der Waals surface area (Å²) in [7, 11) is 0. The summed E-state index contributed by atoms with van der Waals surface area (Å²) in [6, 6.07) is 62.1. The Morgan fingerprint density at radius 2 is 0.964 bits per heavy atom. The largest absolute Gasteiger partial charge is 0.291 e. The molecule has 12 rings (SSSR count). The van der Waals surface area contributed by atoms with Gasteiger partial charge in [-0.05, 0) is 68.9 Å². The Morgan fingerprint density at radius 3 is 1.75 bits per heavy atom. The van der Waals surface area contributed by atoms with Crippen molar-refractivity contribution >= 4 is 80.5 Å². The van der Waals surface area contributed by atoms with Crippen molar-refractivity contribution in [3.63, 3.8) is 0 Å². The molecule has 0 saturated heterocycles. The second-order valence-corrected chi connectivity index (χ2v) is 15.4. The van der Waals surface area contributed by atoms with Crippen LogP contribution < -0.4 is 0 Å². The Labute approximate surface area is 324 Å². The second kappa shape index (κ2) is 12.1. The first-order valence-electron chi connectivity index (χ1n) is 18.7. The van der Waals surface area contributed by atoms with E-state index in [-0.39, 0.29) is 0 Å². The third-order valence-electron chi connectivity index (χ3n) is 11.0. The van der Waals surface area contributed by atoms with Gasteiger partial charge in [-0.1, -0.05) is 140 Å². The fourth-order valence-corrected chi connectivity index (χ4v) is 9.37. The standard InChI is InChI=1S/C50H29N5S/c1-2-11-32(12-3-1)47-52-48(54-49(53-47)38-23-18-30-10-4-5-13-34(30)27-38)33-21-19-31(20-22-33)43-29-41-39-16-8-9-17-44(39)56-46(41)50-51-45-40-28-36-15-7-6-14-35(36)26-37(40)24-25-42(45)55(43)50/h1-29H. The number of aromatic nitrogens is 5. The van der Waals surface area contributed by atoms with Crippen LogP contribution in [0.25, 0.3) is 115 Å². The van der Waals surface area contributed by atoms with Gasteiger partial charge in [0.1, 0.15) is 0 Å². The number of fused-ring (bicyclic) bond motifs is 11. The molecule has 12 aromatic rings. The smallest absolute Gasteiger partial charge is 0.164 e. The third kappa shape index (κ3) is 4.86. The Morgan fingerprint density at radius 1 is 0.375 bits per heavy atom. The summed E-state index contributed by atoms with van der Waals surface area (Å²) in [5, 5.41) is 9.58. The van der Waals surface area contributed by atoms with Crippen LogP contribution in [0.1, 0.15) is 0 Å². The normalized spacial score (nSPS) is 11.9. The fraction of sp³-hybridized carbons (Fsp3) is 0. The van der Waals surface area contributed by atoms with E-state index in [1.165, 1.54) is 41.7 Å². The maximum Gasteiger partial charge on any atom is 0.164 e. The summed E-state index contributed by atoms with van der Waals surface area (Å²) in [6.45, 7) is 0. The molecular formula is C50H29N5S. The first-order valence-corrected chi connectivity index (χ1v) is 19.5. The van der Waals surface area contributed by atoms with Gasteiger partial charge in [0.15, 0.2) is 23.1 Å². The summed E-state index contributed by atoms with van der Waals surface area (Å²) in [4.78, 5) is 20.6. The van der Waals surface area contributed by atoms with Gasteiger partial charge in [-0.2, -0.15) is 0 Å². The van der Waals surface area contributed by atoms with Crippen molar-refractivity contribution in [1.29, 1.82) is 0 Å². The molecule has 260 valence electrons. The van der Waals surface area contributed by atoms with Crippen molar-refractivity contribution in [2.24, 2.45) is 0 Å². The summed E-state index contributed by atoms with van der Waals surface area (Å²) in [5.74, 6) is 1.92. The van der Waals surface area contributed by atoms with Crippen molar-refractivity contribution in [3.05, 3.63) is 176 Å². The number of thiophene rings is 1. The number of hydrogen-bond acceptors (Lipinski definition) is 5. The number of pyridine rings is 1. The quantitative estimate of drug-likeness (QED) is 0.169. The van der Waals surface area contributed by atoms with E-state index in [2.05, 4.69) is 150 Å². The Balaban J connectivity index is 1.06. The molecule has 4 aromatic heterocycles. The van der Waals surface area contributed by atoms with Crippen LogP contribution in [0, 0.1) is 0 Å². The maximum absolute atomic E-state index is 5.47. The van der Waals surface area contributed by atoms with Crippen molar-refractivity contribution in [1.82, 2.24) is 24.3 Å². The highest BCUT2D eigenvalue weighted by atomic mass is 32.1. The average Bonchev–Trinajstić information content (AvgIpc) is 3.85. The molecule has 8 aromatic carbocycles. The van der Waals surface area contributed by atoms with Crippen LogP contribution in [-0.4, -0.2) is 24.3 Å². The topological polar surface area (TPSA) is 56.0 Å². The van der Waals surface area contributed by atoms with E-state index >= 15 is 0 Å². The summed E-state index contributed by atoms with van der Waals surface area (Å²) < 4.78 is 4.80. The first-order chi connectivity index (χ1) is 27.7. The van der Waals surface area contributed by atoms with Gasteiger partial charge in [-0.15, -0.1) is 11.3 Å². The highest BCUT2D eigenvalue weighted by molar-refractivity contribution is 7.26. The molecule has 0 fully saturated rings. The average molecular weight is 732 g/mol. The second-order valence-electron chi connectivity index (χ2n) is 14.3. The minimum Gasteiger partial charge on any atom is -0.291 e. The van der Waals surface area contributed by atoms with Crippen LogP contribution in [0.2, 0.25) is 0 Å². The maximum atomic E-state index is 5.47. The van der Waals surface area contributed by atoms with E-state index in [9.17, 15) is 0 Å². The van der Waals surface area contributed by atoms with Crippen LogP contribution >= 0.6 is 11.3 Å². The molecule has 0 radical (unpaired) electrons. The SMILES string of the molecule is c1ccc(-c2nc(-c3ccc(-c4cc5c6ccccc6sc5c5nc6c7cc8ccccc8cc7ccc6n45)cc3)nc(-c3ccc4ccccc4c3)n2)cc1. The molecule has 0 bridgehead atoms. The monoisotopic (exact) mass is 731 g/mol. The third-order valence-corrected chi connectivity index (χ3v) is 12.2. The highest BCUT2D eigenvalue weighted by Gasteiger charge is 2.20. The van der Waals surface area contributed by atoms with E-state index in [1.807, 2.05) is 41.7 Å². The molecule has 0 saturated carbocycles. The first kappa shape index (κ1) is 31.1. The van der Waals surface area contributed by atoms with E-state index in [1.54, 1.807) is 0 Å². The lowest BCUT2D eigenvalue weighted by Gasteiger charge is -2.11. The van der Waals surface area contributed by atoms with Gasteiger partial charge in [0.05, 0.1) is 21.4 Å². The summed E-state index contributed by atoms with van der Waals surface area (Å²) in [5.41, 5.74) is 8.06. The zero-order valence-electron chi connectivity index (χ0n) is 29.9. The van der Waals surface area contributed by atoms with Crippen molar-refractivity contribution in [2.75, 3.05) is 0 Å². The lowest BCUT2D eigenvalue weighted by molar-refractivity contribution is 1.07. The predicted octanol–water partition coefficient (Wildman–Crippen LogP) is 13.2. The molecule has 6 heteroatoms. The van der Waals surface area contributed by atoms with Crippen LogP contribution in [-0.2, 0) is 0 Å². The van der Waals surface area contributed by atoms with E-state index < -0.39 is 0 Å². The minimum atomic E-state index is 0.629. The molecule has 0 spiro atoms. The van der Waals surface area contributed by atoms with Gasteiger partial charge < -0.3 is 0 Å². The van der Waals surface area contributed by atoms with Crippen LogP contribution in [0.4, 0.5) is 0 Å². The van der Waals surface area contributed by atoms with E-state index in [0.29, 0.717) is 17.5 Å². The number of benzene rings is 8. The molecule has 0 unspecified atom stereocenters. The van der Waals surface area contributed by atoms with Crippen LogP contribution in [0.5, 0.6) is 0 Å². The van der Waals surface area contributed by atoms with Gasteiger partial charge in [-0.3, -0.25) is 4.40 Å². The predicted molar refractivity (Wildman–Crippen MR) is 233 cm³/mol. The number of imidazole rings is 1. The number of rotatable bonds is 4. The minimum absolute atomic E-state index is 0.629. The molecule has 0 aliphatic carbocycles. The Hall–Kier alpha value is -7.28. The molecule has 5 nitrogen and oxygen atoms in total. The molecule has 0 aliphatic heterocycles. The molecule has 0 amide bonds. The molecule has 4 heterocycles. The highest BCUT2D eigenvalue weighted by Crippen LogP contribution is 2.42. The zero-order chi connectivity index (χ0) is 36.7. The molecule has 0 atom stereocenters. The molecule has 56 heavy (non-hydrogen) atoms. The van der Waals surface area contributed by atoms with Crippen LogP contribution in [0.3, 0.4) is 0 Å². The lowest BCUT2D eigenvalue weighted by Crippen LogP contribution is -2.00. The fourth-order valence-electron chi connectivity index (χ4n) is 8.21. The number of hydrogen-bond donors (Lipinski definition) is 0. The van der Waals surface area contributed by atoms with E-state index in [0.717, 1.165) is 55.4 Å². The zero-order valence-corrected chi connectivity index (χ0v) is 30.7. The van der Waals surface area contributed by atoms with Crippen molar-refractivity contribution in [2.45, 2.75) is 0 Å². The van der Waals surface area contributed by atoms with Crippen molar-refractivity contribution in [3.8, 4) is 45.4 Å². The van der Waals surface area contributed by atoms with Gasteiger partial charge >= 0.3 is 0 Å². The molecular weight excluding hydrogens is 703 g/mol. The lowest BCUT2D eigenvalue weighted by atomic mass is 10.0. The number of nitrogens with zero attached hydrogens (tertiary/aromatic N) is 5. The Bertz CT molecular complexity index is 3530. The molecule has 0 aliphatic rings.